The molecule has 7 heteroatoms. The smallest absolute Gasteiger partial charge is 0.322 e. The molecule has 3 N–H and O–H groups in total. The molecule has 6 nitrogen and oxygen atoms in total. The van der Waals surface area contributed by atoms with Gasteiger partial charge in [-0.05, 0) is 31.5 Å². The van der Waals surface area contributed by atoms with Crippen molar-refractivity contribution < 1.29 is 29.0 Å². The normalized spacial score (nSPS) is 16.2. The van der Waals surface area contributed by atoms with Crippen molar-refractivity contribution in [3.05, 3.63) is 40.7 Å². The lowest BCUT2D eigenvalue weighted by atomic mass is 9.71. The Morgan fingerprint density at radius 1 is 1.32 bits per heavy atom. The minimum absolute atomic E-state index is 0.0464. The maximum absolute atomic E-state index is 13.4. The highest BCUT2D eigenvalue weighted by Crippen LogP contribution is 2.39. The predicted octanol–water partition coefficient (Wildman–Crippen LogP) is 1.16. The molecular weight excluding hydrogens is 293 g/mol. The first-order valence-electron chi connectivity index (χ1n) is 6.44. The summed E-state index contributed by atoms with van der Waals surface area (Å²) in [4.78, 5) is 35.0. The first-order chi connectivity index (χ1) is 10.2. The average molecular weight is 307 g/mol. The van der Waals surface area contributed by atoms with Crippen LogP contribution in [0.4, 0.5) is 4.39 Å². The molecule has 1 aromatic rings. The number of halogens is 1. The van der Waals surface area contributed by atoms with Crippen LogP contribution < -0.4 is 5.32 Å². The second kappa shape index (κ2) is 5.25. The van der Waals surface area contributed by atoms with Crippen LogP contribution in [0.5, 0.6) is 0 Å². The molecule has 0 radical (unpaired) electrons. The van der Waals surface area contributed by atoms with Crippen molar-refractivity contribution in [1.29, 1.82) is 0 Å². The van der Waals surface area contributed by atoms with Gasteiger partial charge in [-0.2, -0.15) is 0 Å². The van der Waals surface area contributed by atoms with Gasteiger partial charge in [-0.25, -0.2) is 4.39 Å². The average Bonchev–Trinajstić information content (AvgIpc) is 2.43. The number of ketones is 1. The van der Waals surface area contributed by atoms with Gasteiger partial charge in [0, 0.05) is 5.56 Å². The summed E-state index contributed by atoms with van der Waals surface area (Å²) in [6, 6.07) is 3.57. The van der Waals surface area contributed by atoms with Crippen LogP contribution in [0.25, 0.3) is 5.76 Å². The molecule has 1 amide bonds. The maximum atomic E-state index is 13.4. The summed E-state index contributed by atoms with van der Waals surface area (Å²) >= 11 is 0. The van der Waals surface area contributed by atoms with Crippen molar-refractivity contribution in [2.45, 2.75) is 19.3 Å². The molecule has 0 heterocycles. The Balaban J connectivity index is 2.57. The van der Waals surface area contributed by atoms with E-state index in [-0.39, 0.29) is 5.56 Å². The number of rotatable bonds is 3. The summed E-state index contributed by atoms with van der Waals surface area (Å²) in [5.41, 5.74) is -1.27. The van der Waals surface area contributed by atoms with Crippen LogP contribution in [0.2, 0.25) is 0 Å². The van der Waals surface area contributed by atoms with E-state index in [2.05, 4.69) is 0 Å². The van der Waals surface area contributed by atoms with E-state index in [9.17, 15) is 23.9 Å². The number of aliphatic carboxylic acids is 1. The number of fused-ring (bicyclic) bond motifs is 1. The van der Waals surface area contributed by atoms with E-state index in [1.807, 2.05) is 5.32 Å². The standard InChI is InChI=1S/C15H14FNO5/c1-15(2)9-4-3-7(16)5-8(9)12(20)11(13(15)21)14(22)17-6-10(18)19/h3-5,20H,6H2,1-2H3,(H,17,22)(H,18,19). The highest BCUT2D eigenvalue weighted by molar-refractivity contribution is 6.28. The first-order valence-corrected chi connectivity index (χ1v) is 6.44. The Hall–Kier alpha value is -2.70. The number of aliphatic hydroxyl groups excluding tert-OH is 1. The van der Waals surface area contributed by atoms with Gasteiger partial charge in [0.05, 0.1) is 5.41 Å². The van der Waals surface area contributed by atoms with Gasteiger partial charge < -0.3 is 15.5 Å². The second-order valence-electron chi connectivity index (χ2n) is 5.44. The molecule has 0 spiro atoms. The molecule has 0 unspecified atom stereocenters. The van der Waals surface area contributed by atoms with Gasteiger partial charge in [0.1, 0.15) is 23.7 Å². The van der Waals surface area contributed by atoms with Crippen molar-refractivity contribution in [2.24, 2.45) is 0 Å². The lowest BCUT2D eigenvalue weighted by Gasteiger charge is -2.31. The van der Waals surface area contributed by atoms with Gasteiger partial charge in [0.15, 0.2) is 5.78 Å². The molecule has 22 heavy (non-hydrogen) atoms. The van der Waals surface area contributed by atoms with E-state index in [4.69, 9.17) is 5.11 Å². The highest BCUT2D eigenvalue weighted by atomic mass is 19.1. The number of hydrogen-bond acceptors (Lipinski definition) is 4. The van der Waals surface area contributed by atoms with E-state index < -0.39 is 46.8 Å². The monoisotopic (exact) mass is 307 g/mol. The van der Waals surface area contributed by atoms with Crippen LogP contribution in [0.3, 0.4) is 0 Å². The molecule has 0 saturated heterocycles. The molecule has 1 aliphatic rings. The number of carbonyl (C=O) groups excluding carboxylic acids is 2. The van der Waals surface area contributed by atoms with Crippen LogP contribution in [-0.4, -0.2) is 34.4 Å². The molecule has 0 bridgehead atoms. The van der Waals surface area contributed by atoms with Crippen molar-refractivity contribution in [3.8, 4) is 0 Å². The Bertz CT molecular complexity index is 721. The van der Waals surface area contributed by atoms with Crippen molar-refractivity contribution in [2.75, 3.05) is 6.54 Å². The summed E-state index contributed by atoms with van der Waals surface area (Å²) in [6.45, 7) is 2.39. The zero-order valence-corrected chi connectivity index (χ0v) is 11.9. The number of Topliss-reactive ketones (excluding diaryl/α,β-unsaturated/α-hetero) is 1. The molecule has 116 valence electrons. The van der Waals surface area contributed by atoms with E-state index in [1.165, 1.54) is 6.07 Å². The highest BCUT2D eigenvalue weighted by Gasteiger charge is 2.43. The lowest BCUT2D eigenvalue weighted by molar-refractivity contribution is -0.138. The third-order valence-corrected chi connectivity index (χ3v) is 3.57. The predicted molar refractivity (Wildman–Crippen MR) is 74.6 cm³/mol. The van der Waals surface area contributed by atoms with Gasteiger partial charge in [-0.15, -0.1) is 0 Å². The number of benzene rings is 1. The molecule has 0 aliphatic heterocycles. The summed E-state index contributed by atoms with van der Waals surface area (Å²) in [7, 11) is 0. The Labute approximate surface area is 125 Å². The quantitative estimate of drug-likeness (QED) is 0.727. The van der Waals surface area contributed by atoms with Gasteiger partial charge >= 0.3 is 5.97 Å². The van der Waals surface area contributed by atoms with Crippen LogP contribution in [-0.2, 0) is 19.8 Å². The topological polar surface area (TPSA) is 104 Å². The van der Waals surface area contributed by atoms with Crippen molar-refractivity contribution in [3.63, 3.8) is 0 Å². The third-order valence-electron chi connectivity index (χ3n) is 3.57. The van der Waals surface area contributed by atoms with Gasteiger partial charge in [-0.3, -0.25) is 14.4 Å². The summed E-state index contributed by atoms with van der Waals surface area (Å²) < 4.78 is 13.4. The van der Waals surface area contributed by atoms with E-state index in [1.54, 1.807) is 13.8 Å². The van der Waals surface area contributed by atoms with Crippen molar-refractivity contribution in [1.82, 2.24) is 5.32 Å². The largest absolute Gasteiger partial charge is 0.506 e. The number of carboxylic acids is 1. The molecule has 0 aromatic heterocycles. The van der Waals surface area contributed by atoms with Gasteiger partial charge in [0.2, 0.25) is 0 Å². The molecule has 1 aromatic carbocycles. The van der Waals surface area contributed by atoms with Gasteiger partial charge in [-0.1, -0.05) is 6.07 Å². The Morgan fingerprint density at radius 2 is 1.95 bits per heavy atom. The molecular formula is C15H14FNO5. The SMILES string of the molecule is CC1(C)C(=O)C(C(=O)NCC(=O)O)=C(O)c2cc(F)ccc21. The van der Waals surface area contributed by atoms with Crippen LogP contribution in [0.1, 0.15) is 25.0 Å². The fourth-order valence-corrected chi connectivity index (χ4v) is 2.39. The zero-order valence-electron chi connectivity index (χ0n) is 11.9. The molecule has 1 aliphatic carbocycles. The fourth-order valence-electron chi connectivity index (χ4n) is 2.39. The zero-order chi connectivity index (χ0) is 16.7. The number of nitrogens with one attached hydrogen (secondary N) is 1. The summed E-state index contributed by atoms with van der Waals surface area (Å²) in [5, 5.41) is 20.8. The number of carbonyl (C=O) groups is 3. The number of carboxylic acid groups (broad SMARTS) is 1. The van der Waals surface area contributed by atoms with Gasteiger partial charge in [0.25, 0.3) is 5.91 Å². The molecule has 0 saturated carbocycles. The number of aliphatic hydroxyl groups is 1. The Morgan fingerprint density at radius 3 is 2.55 bits per heavy atom. The summed E-state index contributed by atoms with van der Waals surface area (Å²) in [5.74, 6) is -4.23. The third kappa shape index (κ3) is 2.45. The van der Waals surface area contributed by atoms with Crippen molar-refractivity contribution >= 4 is 23.4 Å². The maximum Gasteiger partial charge on any atom is 0.322 e. The van der Waals surface area contributed by atoms with E-state index >= 15 is 0 Å². The van der Waals surface area contributed by atoms with E-state index in [0.717, 1.165) is 12.1 Å². The van der Waals surface area contributed by atoms with Crippen LogP contribution >= 0.6 is 0 Å². The van der Waals surface area contributed by atoms with E-state index in [0.29, 0.717) is 5.56 Å². The molecule has 0 fully saturated rings. The molecule has 2 rings (SSSR count). The fraction of sp³-hybridized carbons (Fsp3) is 0.267. The number of amides is 1. The first kappa shape index (κ1) is 15.7. The molecule has 0 atom stereocenters. The second-order valence-corrected chi connectivity index (χ2v) is 5.44. The van der Waals surface area contributed by atoms with Crippen LogP contribution in [0, 0.1) is 5.82 Å². The lowest BCUT2D eigenvalue weighted by Crippen LogP contribution is -2.42. The summed E-state index contributed by atoms with van der Waals surface area (Å²) in [6.07, 6.45) is 0. The minimum atomic E-state index is -1.29. The Kier molecular flexibility index (Phi) is 3.74. The minimum Gasteiger partial charge on any atom is -0.506 e. The van der Waals surface area contributed by atoms with Crippen LogP contribution in [0.15, 0.2) is 23.8 Å². The number of hydrogen-bond donors (Lipinski definition) is 3.